The van der Waals surface area contributed by atoms with Crippen molar-refractivity contribution in [3.05, 3.63) is 17.5 Å². The summed E-state index contributed by atoms with van der Waals surface area (Å²) in [6.45, 7) is 5.82. The molecule has 2 N–H and O–H groups in total. The summed E-state index contributed by atoms with van der Waals surface area (Å²) in [5.74, 6) is 0.894. The van der Waals surface area contributed by atoms with Crippen molar-refractivity contribution in [2.45, 2.75) is 26.4 Å². The van der Waals surface area contributed by atoms with Gasteiger partial charge in [0, 0.05) is 30.9 Å². The number of hydrogen-bond donors (Lipinski definition) is 2. The monoisotopic (exact) mass is 207 g/mol. The highest BCUT2D eigenvalue weighted by atomic mass is 15.3. The molecule has 2 rings (SSSR count). The van der Waals surface area contributed by atoms with E-state index in [9.17, 15) is 0 Å². The number of nitrogens with one attached hydrogen (secondary N) is 2. The minimum atomic E-state index is 0.447. The maximum Gasteiger partial charge on any atom is 0.191 e. The fourth-order valence-corrected chi connectivity index (χ4v) is 1.56. The quantitative estimate of drug-likeness (QED) is 0.726. The van der Waals surface area contributed by atoms with Gasteiger partial charge in [-0.25, -0.2) is 0 Å². The highest BCUT2D eigenvalue weighted by Gasteiger charge is 2.12. The largest absolute Gasteiger partial charge is 0.352 e. The molecule has 5 nitrogen and oxygen atoms in total. The number of aromatic nitrogens is 2. The first-order chi connectivity index (χ1) is 7.16. The van der Waals surface area contributed by atoms with E-state index >= 15 is 0 Å². The zero-order valence-corrected chi connectivity index (χ0v) is 9.41. The summed E-state index contributed by atoms with van der Waals surface area (Å²) in [6, 6.07) is 0.447. The van der Waals surface area contributed by atoms with E-state index in [1.807, 2.05) is 17.9 Å². The average molecular weight is 207 g/mol. The summed E-state index contributed by atoms with van der Waals surface area (Å²) >= 11 is 0. The Bertz CT molecular complexity index is 379. The average Bonchev–Trinajstić information content (AvgIpc) is 2.74. The molecular formula is C10H17N5. The normalized spacial score (nSPS) is 19.9. The summed E-state index contributed by atoms with van der Waals surface area (Å²) in [5, 5.41) is 10.7. The number of aryl methyl sites for hydroxylation is 1. The van der Waals surface area contributed by atoms with Gasteiger partial charge in [-0.3, -0.25) is 9.67 Å². The molecule has 0 bridgehead atoms. The van der Waals surface area contributed by atoms with Gasteiger partial charge in [-0.1, -0.05) is 0 Å². The van der Waals surface area contributed by atoms with E-state index in [1.165, 1.54) is 11.3 Å². The summed E-state index contributed by atoms with van der Waals surface area (Å²) in [4.78, 5) is 4.34. The molecule has 1 aromatic rings. The van der Waals surface area contributed by atoms with E-state index < -0.39 is 0 Å². The van der Waals surface area contributed by atoms with E-state index in [2.05, 4.69) is 34.6 Å². The molecule has 0 amide bonds. The number of aliphatic imine (C=N–C) groups is 1. The first-order valence-electron chi connectivity index (χ1n) is 5.19. The topological polar surface area (TPSA) is 54.2 Å². The molecule has 1 aliphatic rings. The highest BCUT2D eigenvalue weighted by Crippen LogP contribution is 2.04. The number of hydrogen-bond acceptors (Lipinski definition) is 4. The lowest BCUT2D eigenvalue weighted by atomic mass is 10.2. The van der Waals surface area contributed by atoms with Crippen LogP contribution in [0, 0.1) is 6.92 Å². The predicted octanol–water partition coefficient (Wildman–Crippen LogP) is 0.166. The minimum absolute atomic E-state index is 0.447. The van der Waals surface area contributed by atoms with Gasteiger partial charge in [-0.05, 0) is 13.8 Å². The standard InChI is InChI=1S/C10H17N5/c1-7-4-11-10(14-7)12-5-9-6-13-15(3)8(9)2/h6-7H,4-5H2,1-3H3,(H2,11,12,14). The smallest absolute Gasteiger partial charge is 0.191 e. The molecule has 0 radical (unpaired) electrons. The lowest BCUT2D eigenvalue weighted by Crippen LogP contribution is -2.37. The maximum absolute atomic E-state index is 4.34. The molecule has 82 valence electrons. The van der Waals surface area contributed by atoms with E-state index in [4.69, 9.17) is 0 Å². The Morgan fingerprint density at radius 2 is 2.47 bits per heavy atom. The Morgan fingerprint density at radius 1 is 1.67 bits per heavy atom. The Hall–Kier alpha value is -1.52. The van der Waals surface area contributed by atoms with Gasteiger partial charge in [0.05, 0.1) is 12.7 Å². The second kappa shape index (κ2) is 3.92. The van der Waals surface area contributed by atoms with Crippen LogP contribution in [0.2, 0.25) is 0 Å². The molecule has 1 aliphatic heterocycles. The summed E-state index contributed by atoms with van der Waals surface area (Å²) in [6.07, 6.45) is 1.89. The number of guanidine groups is 1. The SMILES string of the molecule is Cc1c(CNC2=NCC(C)N2)cnn1C. The summed E-state index contributed by atoms with van der Waals surface area (Å²) in [7, 11) is 1.95. The Kier molecular flexibility index (Phi) is 2.62. The van der Waals surface area contributed by atoms with Gasteiger partial charge in [-0.15, -0.1) is 0 Å². The molecule has 0 fully saturated rings. The van der Waals surface area contributed by atoms with Crippen molar-refractivity contribution in [3.63, 3.8) is 0 Å². The molecular weight excluding hydrogens is 190 g/mol. The van der Waals surface area contributed by atoms with Crippen LogP contribution in [0.5, 0.6) is 0 Å². The molecule has 15 heavy (non-hydrogen) atoms. The van der Waals surface area contributed by atoms with Crippen LogP contribution in [-0.4, -0.2) is 28.3 Å². The molecule has 0 aromatic carbocycles. The predicted molar refractivity (Wildman–Crippen MR) is 59.7 cm³/mol. The Balaban J connectivity index is 1.91. The van der Waals surface area contributed by atoms with Crippen molar-refractivity contribution in [1.29, 1.82) is 0 Å². The van der Waals surface area contributed by atoms with E-state index in [-0.39, 0.29) is 0 Å². The molecule has 0 spiro atoms. The second-order valence-corrected chi connectivity index (χ2v) is 3.97. The van der Waals surface area contributed by atoms with Crippen molar-refractivity contribution >= 4 is 5.96 Å². The van der Waals surface area contributed by atoms with Crippen molar-refractivity contribution in [3.8, 4) is 0 Å². The molecule has 1 unspecified atom stereocenters. The summed E-state index contributed by atoms with van der Waals surface area (Å²) in [5.41, 5.74) is 2.40. The van der Waals surface area contributed by atoms with Crippen LogP contribution in [0.1, 0.15) is 18.2 Å². The van der Waals surface area contributed by atoms with Gasteiger partial charge < -0.3 is 10.6 Å². The first-order valence-corrected chi connectivity index (χ1v) is 5.19. The third-order valence-electron chi connectivity index (χ3n) is 2.69. The van der Waals surface area contributed by atoms with Gasteiger partial charge in [0.25, 0.3) is 0 Å². The van der Waals surface area contributed by atoms with Crippen LogP contribution >= 0.6 is 0 Å². The third-order valence-corrected chi connectivity index (χ3v) is 2.69. The van der Waals surface area contributed by atoms with Crippen LogP contribution < -0.4 is 10.6 Å². The Morgan fingerprint density at radius 3 is 3.00 bits per heavy atom. The lowest BCUT2D eigenvalue weighted by molar-refractivity contribution is 0.711. The fourth-order valence-electron chi connectivity index (χ4n) is 1.56. The van der Waals surface area contributed by atoms with Gasteiger partial charge >= 0.3 is 0 Å². The van der Waals surface area contributed by atoms with Crippen LogP contribution in [0.3, 0.4) is 0 Å². The lowest BCUT2D eigenvalue weighted by Gasteiger charge is -2.08. The number of rotatable bonds is 2. The van der Waals surface area contributed by atoms with Gasteiger partial charge in [-0.2, -0.15) is 5.10 Å². The van der Waals surface area contributed by atoms with Crippen LogP contribution in [0.25, 0.3) is 0 Å². The Labute approximate surface area is 89.6 Å². The van der Waals surface area contributed by atoms with E-state index in [1.54, 1.807) is 0 Å². The van der Waals surface area contributed by atoms with Crippen molar-refractivity contribution in [2.24, 2.45) is 12.0 Å². The highest BCUT2D eigenvalue weighted by molar-refractivity contribution is 5.81. The molecule has 0 saturated heterocycles. The van der Waals surface area contributed by atoms with Gasteiger partial charge in [0.2, 0.25) is 0 Å². The van der Waals surface area contributed by atoms with Crippen molar-refractivity contribution in [1.82, 2.24) is 20.4 Å². The zero-order chi connectivity index (χ0) is 10.8. The van der Waals surface area contributed by atoms with E-state index in [0.717, 1.165) is 19.0 Å². The fraction of sp³-hybridized carbons (Fsp3) is 0.600. The molecule has 1 aromatic heterocycles. The first kappa shape index (κ1) is 10.0. The van der Waals surface area contributed by atoms with Crippen molar-refractivity contribution < 1.29 is 0 Å². The maximum atomic E-state index is 4.34. The zero-order valence-electron chi connectivity index (χ0n) is 9.41. The second-order valence-electron chi connectivity index (χ2n) is 3.97. The molecule has 0 aliphatic carbocycles. The molecule has 1 atom stereocenters. The number of nitrogens with zero attached hydrogens (tertiary/aromatic N) is 3. The van der Waals surface area contributed by atoms with Crippen molar-refractivity contribution in [2.75, 3.05) is 6.54 Å². The minimum Gasteiger partial charge on any atom is -0.352 e. The van der Waals surface area contributed by atoms with Crippen LogP contribution in [0.15, 0.2) is 11.2 Å². The molecule has 0 saturated carbocycles. The summed E-state index contributed by atoms with van der Waals surface area (Å²) < 4.78 is 1.88. The van der Waals surface area contributed by atoms with Gasteiger partial charge in [0.15, 0.2) is 5.96 Å². The van der Waals surface area contributed by atoms with Crippen LogP contribution in [-0.2, 0) is 13.6 Å². The molecule has 2 heterocycles. The third kappa shape index (κ3) is 2.11. The van der Waals surface area contributed by atoms with E-state index in [0.29, 0.717) is 6.04 Å². The van der Waals surface area contributed by atoms with Gasteiger partial charge in [0.1, 0.15) is 0 Å². The molecule has 5 heteroatoms. The van der Waals surface area contributed by atoms with Crippen LogP contribution in [0.4, 0.5) is 0 Å².